The molecule has 0 radical (unpaired) electrons. The van der Waals surface area contributed by atoms with Crippen LogP contribution in [-0.4, -0.2) is 53.8 Å². The van der Waals surface area contributed by atoms with Gasteiger partial charge in [-0.1, -0.05) is 25.5 Å². The average molecular weight is 312 g/mol. The quantitative estimate of drug-likeness (QED) is 0.499. The van der Waals surface area contributed by atoms with Crippen LogP contribution in [0.2, 0.25) is 0 Å². The van der Waals surface area contributed by atoms with Crippen LogP contribution >= 0.6 is 0 Å². The van der Waals surface area contributed by atoms with E-state index in [2.05, 4.69) is 18.3 Å². The van der Waals surface area contributed by atoms with Gasteiger partial charge in [0.2, 0.25) is 5.91 Å². The lowest BCUT2D eigenvalue weighted by atomic mass is 10.1. The highest BCUT2D eigenvalue weighted by atomic mass is 16.5. The van der Waals surface area contributed by atoms with Crippen molar-refractivity contribution in [2.45, 2.75) is 52.2 Å². The number of carbonyl (C=O) groups excluding carboxylic acids is 1. The zero-order valence-electron chi connectivity index (χ0n) is 13.7. The molecular formula is C16H28N2O4. The Balaban J connectivity index is 2.60. The van der Waals surface area contributed by atoms with Crippen LogP contribution < -0.4 is 5.32 Å². The average Bonchev–Trinajstić information content (AvgIpc) is 2.82. The fourth-order valence-corrected chi connectivity index (χ4v) is 2.88. The number of nitrogens with zero attached hydrogens (tertiary/aromatic N) is 1. The molecule has 0 aliphatic carbocycles. The molecule has 1 aliphatic rings. The van der Waals surface area contributed by atoms with E-state index in [0.29, 0.717) is 13.0 Å². The van der Waals surface area contributed by atoms with E-state index in [1.165, 1.54) is 6.92 Å². The first-order valence-electron chi connectivity index (χ1n) is 7.93. The number of aliphatic carboxylic acids is 1. The van der Waals surface area contributed by atoms with E-state index in [1.807, 2.05) is 17.9 Å². The SMILES string of the molecule is C/C=C\C1CC(C(=O)O)N(CC(CCC)OCNC(C)=O)C1. The molecule has 0 aromatic carbocycles. The summed E-state index contributed by atoms with van der Waals surface area (Å²) in [7, 11) is 0. The highest BCUT2D eigenvalue weighted by Crippen LogP contribution is 2.25. The molecule has 126 valence electrons. The molecule has 6 nitrogen and oxygen atoms in total. The van der Waals surface area contributed by atoms with Gasteiger partial charge in [0.1, 0.15) is 12.8 Å². The number of hydrogen-bond donors (Lipinski definition) is 2. The van der Waals surface area contributed by atoms with Crippen molar-refractivity contribution in [2.75, 3.05) is 19.8 Å². The van der Waals surface area contributed by atoms with Crippen molar-refractivity contribution < 1.29 is 19.4 Å². The Hall–Kier alpha value is -1.40. The van der Waals surface area contributed by atoms with Crippen LogP contribution in [0.1, 0.15) is 40.0 Å². The van der Waals surface area contributed by atoms with E-state index in [9.17, 15) is 14.7 Å². The first-order valence-corrected chi connectivity index (χ1v) is 7.93. The van der Waals surface area contributed by atoms with Crippen LogP contribution in [0.15, 0.2) is 12.2 Å². The van der Waals surface area contributed by atoms with Gasteiger partial charge in [0.15, 0.2) is 0 Å². The van der Waals surface area contributed by atoms with E-state index >= 15 is 0 Å². The Bertz CT molecular complexity index is 398. The molecule has 1 heterocycles. The van der Waals surface area contributed by atoms with E-state index in [0.717, 1.165) is 19.4 Å². The predicted molar refractivity (Wildman–Crippen MR) is 84.4 cm³/mol. The van der Waals surface area contributed by atoms with Crippen molar-refractivity contribution in [3.05, 3.63) is 12.2 Å². The maximum absolute atomic E-state index is 11.4. The Kier molecular flexibility index (Phi) is 8.12. The number of likely N-dealkylation sites (tertiary alicyclic amines) is 1. The number of carbonyl (C=O) groups is 2. The van der Waals surface area contributed by atoms with Crippen molar-refractivity contribution in [1.29, 1.82) is 0 Å². The lowest BCUT2D eigenvalue weighted by molar-refractivity contribution is -0.142. The van der Waals surface area contributed by atoms with Crippen LogP contribution in [0, 0.1) is 5.92 Å². The van der Waals surface area contributed by atoms with Gasteiger partial charge in [0, 0.05) is 20.0 Å². The lowest BCUT2D eigenvalue weighted by Gasteiger charge is -2.27. The molecule has 1 saturated heterocycles. The molecule has 1 rings (SSSR count). The zero-order chi connectivity index (χ0) is 16.5. The maximum Gasteiger partial charge on any atom is 0.320 e. The molecule has 0 bridgehead atoms. The molecule has 0 aromatic rings. The first-order chi connectivity index (χ1) is 10.5. The highest BCUT2D eigenvalue weighted by molar-refractivity contribution is 5.74. The monoisotopic (exact) mass is 312 g/mol. The summed E-state index contributed by atoms with van der Waals surface area (Å²) in [6.07, 6.45) is 6.42. The van der Waals surface area contributed by atoms with Gasteiger partial charge in [-0.25, -0.2) is 0 Å². The van der Waals surface area contributed by atoms with Gasteiger partial charge >= 0.3 is 5.97 Å². The smallest absolute Gasteiger partial charge is 0.320 e. The number of carboxylic acids is 1. The molecule has 3 atom stereocenters. The predicted octanol–water partition coefficient (Wildman–Crippen LogP) is 1.62. The third kappa shape index (κ3) is 6.15. The van der Waals surface area contributed by atoms with Crippen molar-refractivity contribution in [3.8, 4) is 0 Å². The summed E-state index contributed by atoms with van der Waals surface area (Å²) < 4.78 is 5.69. The van der Waals surface area contributed by atoms with Gasteiger partial charge in [0.25, 0.3) is 0 Å². The number of nitrogens with one attached hydrogen (secondary N) is 1. The normalized spacial score (nSPS) is 23.8. The second-order valence-corrected chi connectivity index (χ2v) is 5.78. The number of amides is 1. The lowest BCUT2D eigenvalue weighted by Crippen LogP contribution is -2.42. The molecule has 0 aromatic heterocycles. The largest absolute Gasteiger partial charge is 0.480 e. The van der Waals surface area contributed by atoms with E-state index in [4.69, 9.17) is 4.74 Å². The zero-order valence-corrected chi connectivity index (χ0v) is 13.7. The number of allylic oxidation sites excluding steroid dienone is 1. The second-order valence-electron chi connectivity index (χ2n) is 5.78. The molecule has 3 unspecified atom stereocenters. The Morgan fingerprint density at radius 2 is 2.23 bits per heavy atom. The number of hydrogen-bond acceptors (Lipinski definition) is 4. The van der Waals surface area contributed by atoms with Crippen LogP contribution in [0.4, 0.5) is 0 Å². The molecule has 1 amide bonds. The second kappa shape index (κ2) is 9.58. The summed E-state index contributed by atoms with van der Waals surface area (Å²) in [4.78, 5) is 24.3. The summed E-state index contributed by atoms with van der Waals surface area (Å²) in [6, 6.07) is -0.454. The highest BCUT2D eigenvalue weighted by Gasteiger charge is 2.36. The topological polar surface area (TPSA) is 78.9 Å². The number of rotatable bonds is 9. The van der Waals surface area contributed by atoms with Crippen molar-refractivity contribution in [3.63, 3.8) is 0 Å². The van der Waals surface area contributed by atoms with Gasteiger partial charge in [0.05, 0.1) is 6.10 Å². The molecule has 0 spiro atoms. The van der Waals surface area contributed by atoms with Crippen molar-refractivity contribution in [1.82, 2.24) is 10.2 Å². The van der Waals surface area contributed by atoms with Crippen LogP contribution in [0.5, 0.6) is 0 Å². The number of carboxylic acid groups (broad SMARTS) is 1. The summed E-state index contributed by atoms with van der Waals surface area (Å²) in [5.41, 5.74) is 0. The number of ether oxygens (including phenoxy) is 1. The fraction of sp³-hybridized carbons (Fsp3) is 0.750. The third-order valence-corrected chi connectivity index (χ3v) is 3.87. The van der Waals surface area contributed by atoms with Gasteiger partial charge < -0.3 is 15.2 Å². The van der Waals surface area contributed by atoms with Crippen molar-refractivity contribution in [2.24, 2.45) is 5.92 Å². The van der Waals surface area contributed by atoms with Gasteiger partial charge in [-0.3, -0.25) is 14.5 Å². The molecule has 6 heteroatoms. The first kappa shape index (κ1) is 18.6. The Labute approximate surface area is 132 Å². The minimum Gasteiger partial charge on any atom is -0.480 e. The Morgan fingerprint density at radius 3 is 2.77 bits per heavy atom. The molecular weight excluding hydrogens is 284 g/mol. The standard InChI is InChI=1S/C16H28N2O4/c1-4-6-13-8-15(16(20)21)18(9-13)10-14(7-5-2)22-11-17-12(3)19/h4,6,13-15H,5,7-11H2,1-3H3,(H,17,19)(H,20,21)/b6-4-. The summed E-state index contributed by atoms with van der Waals surface area (Å²) in [6.45, 7) is 6.96. The summed E-state index contributed by atoms with van der Waals surface area (Å²) in [5, 5.41) is 12.0. The molecule has 2 N–H and O–H groups in total. The Morgan fingerprint density at radius 1 is 1.50 bits per heavy atom. The van der Waals surface area contributed by atoms with Gasteiger partial charge in [-0.05, 0) is 25.7 Å². The van der Waals surface area contributed by atoms with E-state index < -0.39 is 12.0 Å². The van der Waals surface area contributed by atoms with E-state index in [1.54, 1.807) is 0 Å². The fourth-order valence-electron chi connectivity index (χ4n) is 2.88. The minimum atomic E-state index is -0.774. The third-order valence-electron chi connectivity index (χ3n) is 3.87. The van der Waals surface area contributed by atoms with Crippen LogP contribution in [0.3, 0.4) is 0 Å². The minimum absolute atomic E-state index is 0.0666. The van der Waals surface area contributed by atoms with Crippen molar-refractivity contribution >= 4 is 11.9 Å². The van der Waals surface area contributed by atoms with Gasteiger partial charge in [-0.15, -0.1) is 0 Å². The molecule has 22 heavy (non-hydrogen) atoms. The van der Waals surface area contributed by atoms with E-state index in [-0.39, 0.29) is 24.7 Å². The van der Waals surface area contributed by atoms with Crippen LogP contribution in [-0.2, 0) is 14.3 Å². The maximum atomic E-state index is 11.4. The summed E-state index contributed by atoms with van der Waals surface area (Å²) in [5.74, 6) is -0.624. The van der Waals surface area contributed by atoms with Gasteiger partial charge in [-0.2, -0.15) is 0 Å². The molecule has 0 saturated carbocycles. The molecule has 1 fully saturated rings. The molecule has 1 aliphatic heterocycles. The van der Waals surface area contributed by atoms with Crippen LogP contribution in [0.25, 0.3) is 0 Å². The summed E-state index contributed by atoms with van der Waals surface area (Å²) >= 11 is 0.